The fourth-order valence-corrected chi connectivity index (χ4v) is 7.52. The molecule has 2 aliphatic heterocycles. The summed E-state index contributed by atoms with van der Waals surface area (Å²) in [5.41, 5.74) is 5.75. The predicted molar refractivity (Wildman–Crippen MR) is 203 cm³/mol. The van der Waals surface area contributed by atoms with Crippen LogP contribution in [0, 0.1) is 11.8 Å². The number of hydrogen-bond donors (Lipinski definition) is 6. The molecule has 6 rings (SSSR count). The zero-order valence-corrected chi connectivity index (χ0v) is 31.2. The quantitative estimate of drug-likeness (QED) is 0.0859. The van der Waals surface area contributed by atoms with Gasteiger partial charge in [-0.25, -0.2) is 19.6 Å². The van der Waals surface area contributed by atoms with Crippen molar-refractivity contribution in [1.82, 2.24) is 40.4 Å². The molecule has 4 atom stereocenters. The third-order valence-corrected chi connectivity index (χ3v) is 10.7. The average molecular weight is 739 g/mol. The van der Waals surface area contributed by atoms with Gasteiger partial charge in [-0.05, 0) is 59.8 Å². The van der Waals surface area contributed by atoms with Crippen LogP contribution in [0.3, 0.4) is 0 Å². The van der Waals surface area contributed by atoms with Crippen molar-refractivity contribution in [3.05, 3.63) is 72.6 Å². The molecule has 2 aromatic carbocycles. The number of nitrogens with one attached hydrogen (secondary N) is 4. The molecule has 4 aromatic rings. The van der Waals surface area contributed by atoms with Gasteiger partial charge in [0.2, 0.25) is 11.8 Å². The summed E-state index contributed by atoms with van der Waals surface area (Å²) in [5, 5.41) is 23.4. The summed E-state index contributed by atoms with van der Waals surface area (Å²) in [6, 6.07) is 15.1. The first-order chi connectivity index (χ1) is 25.9. The highest BCUT2D eigenvalue weighted by Gasteiger charge is 2.35. The number of aromatic amines is 2. The van der Waals surface area contributed by atoms with Crippen molar-refractivity contribution in [2.75, 3.05) is 13.1 Å². The van der Waals surface area contributed by atoms with Crippen LogP contribution in [0.5, 0.6) is 0 Å². The maximum atomic E-state index is 13.3. The SMILES string of the molecule is CC(C)[C@@H](CC(=O)N1CCC[C@H]1c1ncc(-c2ccc(-c3ccc(-c4cnc([C@@H]5CCCN5C(=O)C[C@@H](NC(=O)O)C(C)C)[nH]4)cc3)cc2)[nH]1)NC(=O)O. The Morgan fingerprint density at radius 2 is 1.00 bits per heavy atom. The predicted octanol–water partition coefficient (Wildman–Crippen LogP) is 6.83. The molecule has 6 N–H and O–H groups in total. The molecule has 0 saturated carbocycles. The van der Waals surface area contributed by atoms with Crippen molar-refractivity contribution in [2.24, 2.45) is 11.8 Å². The van der Waals surface area contributed by atoms with E-state index >= 15 is 0 Å². The largest absolute Gasteiger partial charge is 0.465 e. The molecule has 2 fully saturated rings. The van der Waals surface area contributed by atoms with Gasteiger partial charge < -0.3 is 40.6 Å². The van der Waals surface area contributed by atoms with Gasteiger partial charge in [-0.15, -0.1) is 0 Å². The highest BCUT2D eigenvalue weighted by Crippen LogP contribution is 2.35. The molecule has 0 radical (unpaired) electrons. The minimum atomic E-state index is -1.13. The molecule has 54 heavy (non-hydrogen) atoms. The second-order valence-electron chi connectivity index (χ2n) is 15.0. The van der Waals surface area contributed by atoms with Crippen LogP contribution < -0.4 is 10.6 Å². The van der Waals surface area contributed by atoms with Crippen molar-refractivity contribution < 1.29 is 29.4 Å². The van der Waals surface area contributed by atoms with E-state index < -0.39 is 24.3 Å². The Balaban J connectivity index is 1.08. The minimum Gasteiger partial charge on any atom is -0.465 e. The van der Waals surface area contributed by atoms with E-state index in [0.29, 0.717) is 13.1 Å². The summed E-state index contributed by atoms with van der Waals surface area (Å²) >= 11 is 0. The van der Waals surface area contributed by atoms with Crippen molar-refractivity contribution in [3.8, 4) is 33.6 Å². The molecule has 0 bridgehead atoms. The van der Waals surface area contributed by atoms with E-state index in [1.807, 2.05) is 61.8 Å². The Kier molecular flexibility index (Phi) is 11.7. The molecule has 4 heterocycles. The van der Waals surface area contributed by atoms with E-state index in [1.54, 1.807) is 12.4 Å². The van der Waals surface area contributed by atoms with E-state index in [-0.39, 0.29) is 48.6 Å². The van der Waals surface area contributed by atoms with E-state index in [4.69, 9.17) is 0 Å². The van der Waals surface area contributed by atoms with Gasteiger partial charge in [0, 0.05) is 38.0 Å². The molecule has 286 valence electrons. The molecule has 2 aliphatic rings. The van der Waals surface area contributed by atoms with Crippen LogP contribution >= 0.6 is 0 Å². The lowest BCUT2D eigenvalue weighted by Gasteiger charge is -2.27. The first-order valence-corrected chi connectivity index (χ1v) is 18.8. The van der Waals surface area contributed by atoms with Gasteiger partial charge in [-0.2, -0.15) is 0 Å². The summed E-state index contributed by atoms with van der Waals surface area (Å²) in [7, 11) is 0. The second kappa shape index (κ2) is 16.6. The number of H-pyrrole nitrogens is 2. The lowest BCUT2D eigenvalue weighted by atomic mass is 10.00. The zero-order valence-electron chi connectivity index (χ0n) is 31.2. The van der Waals surface area contributed by atoms with Crippen LogP contribution in [0.4, 0.5) is 9.59 Å². The van der Waals surface area contributed by atoms with Crippen LogP contribution in [-0.2, 0) is 9.59 Å². The van der Waals surface area contributed by atoms with Crippen LogP contribution in [-0.4, -0.2) is 89.1 Å². The fourth-order valence-electron chi connectivity index (χ4n) is 7.52. The van der Waals surface area contributed by atoms with Gasteiger partial charge in [0.1, 0.15) is 11.6 Å². The smallest absolute Gasteiger partial charge is 0.404 e. The Morgan fingerprint density at radius 1 is 0.648 bits per heavy atom. The van der Waals surface area contributed by atoms with Gasteiger partial charge in [-0.3, -0.25) is 9.59 Å². The Morgan fingerprint density at radius 3 is 1.33 bits per heavy atom. The normalized spacial score (nSPS) is 18.3. The zero-order chi connectivity index (χ0) is 38.5. The fraction of sp³-hybridized carbons (Fsp3) is 0.450. The molecule has 0 unspecified atom stereocenters. The number of hydrogen-bond acceptors (Lipinski definition) is 6. The number of amides is 4. The van der Waals surface area contributed by atoms with E-state index in [0.717, 1.165) is 71.0 Å². The maximum Gasteiger partial charge on any atom is 0.404 e. The molecule has 14 heteroatoms. The van der Waals surface area contributed by atoms with Crippen LogP contribution in [0.1, 0.15) is 90.0 Å². The number of carbonyl (C=O) groups excluding carboxylic acids is 2. The average Bonchev–Trinajstić information content (AvgIpc) is 3.97. The van der Waals surface area contributed by atoms with Crippen molar-refractivity contribution in [2.45, 2.75) is 90.4 Å². The summed E-state index contributed by atoms with van der Waals surface area (Å²) < 4.78 is 0. The van der Waals surface area contributed by atoms with E-state index in [9.17, 15) is 29.4 Å². The third kappa shape index (κ3) is 8.75. The van der Waals surface area contributed by atoms with Gasteiger partial charge in [0.25, 0.3) is 0 Å². The third-order valence-electron chi connectivity index (χ3n) is 10.7. The highest BCUT2D eigenvalue weighted by molar-refractivity contribution is 5.79. The molecular formula is C40H50N8O6. The van der Waals surface area contributed by atoms with Gasteiger partial charge in [0.05, 0.1) is 35.9 Å². The number of nitrogens with zero attached hydrogens (tertiary/aromatic N) is 4. The van der Waals surface area contributed by atoms with Gasteiger partial charge >= 0.3 is 12.2 Å². The Labute approximate surface area is 314 Å². The minimum absolute atomic E-state index is 0.0123. The number of likely N-dealkylation sites (tertiary alicyclic amines) is 2. The Bertz CT molecular complexity index is 1800. The highest BCUT2D eigenvalue weighted by atomic mass is 16.4. The molecule has 2 aromatic heterocycles. The molecule has 4 amide bonds. The first-order valence-electron chi connectivity index (χ1n) is 18.8. The van der Waals surface area contributed by atoms with E-state index in [1.165, 1.54) is 0 Å². The number of benzene rings is 2. The standard InChI is InChI=1S/C40H50N8O6/c1-23(2)29(45-39(51)52)19-35(49)47-17-5-7-33(47)37-41-21-31(43-37)27-13-9-25(10-14-27)26-11-15-28(16-12-26)32-22-42-38(44-32)34-8-6-18-48(34)36(50)20-30(24(3)4)46-40(53)54/h9-16,21-24,29-30,33-34,45-46H,5-8,17-20H2,1-4H3,(H,41,43)(H,42,44)(H,51,52)(H,53,54)/t29-,30-,33+,34+/m1/s1. The summed E-state index contributed by atoms with van der Waals surface area (Å²) in [6.45, 7) is 8.83. The van der Waals surface area contributed by atoms with Crippen molar-refractivity contribution in [3.63, 3.8) is 0 Å². The van der Waals surface area contributed by atoms with E-state index in [2.05, 4.69) is 54.8 Å². The molecule has 0 aliphatic carbocycles. The van der Waals surface area contributed by atoms with Crippen LogP contribution in [0.2, 0.25) is 0 Å². The van der Waals surface area contributed by atoms with Gasteiger partial charge in [0.15, 0.2) is 0 Å². The number of carboxylic acid groups (broad SMARTS) is 2. The van der Waals surface area contributed by atoms with Gasteiger partial charge in [-0.1, -0.05) is 76.2 Å². The number of imidazole rings is 2. The maximum absolute atomic E-state index is 13.3. The number of rotatable bonds is 13. The van der Waals surface area contributed by atoms with Crippen molar-refractivity contribution >= 4 is 24.0 Å². The lowest BCUT2D eigenvalue weighted by molar-refractivity contribution is -0.133. The first kappa shape index (κ1) is 38.1. The van der Waals surface area contributed by atoms with Crippen LogP contribution in [0.15, 0.2) is 60.9 Å². The van der Waals surface area contributed by atoms with Crippen LogP contribution in [0.25, 0.3) is 33.6 Å². The molecule has 0 spiro atoms. The second-order valence-corrected chi connectivity index (χ2v) is 15.0. The summed E-state index contributed by atoms with van der Waals surface area (Å²) in [6.07, 6.45) is 4.84. The Hall–Kier alpha value is -5.66. The molecule has 2 saturated heterocycles. The lowest BCUT2D eigenvalue weighted by Crippen LogP contribution is -2.42. The number of carbonyl (C=O) groups is 4. The number of aromatic nitrogens is 4. The monoisotopic (exact) mass is 738 g/mol. The molecular weight excluding hydrogens is 688 g/mol. The topological polar surface area (TPSA) is 197 Å². The molecule has 14 nitrogen and oxygen atoms in total. The van der Waals surface area contributed by atoms with Crippen molar-refractivity contribution in [1.29, 1.82) is 0 Å². The summed E-state index contributed by atoms with van der Waals surface area (Å²) in [5.74, 6) is 1.27. The summed E-state index contributed by atoms with van der Waals surface area (Å²) in [4.78, 5) is 68.8.